The van der Waals surface area contributed by atoms with Gasteiger partial charge in [0.25, 0.3) is 0 Å². The van der Waals surface area contributed by atoms with E-state index < -0.39 is 0 Å². The highest BCUT2D eigenvalue weighted by atomic mass is 79.9. The predicted octanol–water partition coefficient (Wildman–Crippen LogP) is 2.29. The van der Waals surface area contributed by atoms with Crippen LogP contribution in [0, 0.1) is 6.92 Å². The van der Waals surface area contributed by atoms with E-state index in [2.05, 4.69) is 46.0 Å². The number of halogens is 1. The lowest BCUT2D eigenvalue weighted by atomic mass is 10.2. The number of aryl methyl sites for hydroxylation is 1. The van der Waals surface area contributed by atoms with Crippen LogP contribution in [0.2, 0.25) is 0 Å². The number of hydrogen-bond donors (Lipinski definition) is 1. The summed E-state index contributed by atoms with van der Waals surface area (Å²) in [4.78, 5) is 2.35. The molecular weight excluding hydrogens is 240 g/mol. The highest BCUT2D eigenvalue weighted by Gasteiger charge is 2.20. The van der Waals surface area contributed by atoms with E-state index in [1.54, 1.807) is 0 Å². The molecule has 1 heterocycles. The van der Waals surface area contributed by atoms with Crippen LogP contribution in [-0.2, 0) is 0 Å². The van der Waals surface area contributed by atoms with Crippen LogP contribution in [0.25, 0.3) is 0 Å². The molecule has 0 aliphatic carbocycles. The molecule has 1 fully saturated rings. The fraction of sp³-hybridized carbons (Fsp3) is 0.455. The molecule has 2 nitrogen and oxygen atoms in total. The van der Waals surface area contributed by atoms with Gasteiger partial charge in [-0.2, -0.15) is 0 Å². The molecule has 1 aromatic rings. The fourth-order valence-electron chi connectivity index (χ4n) is 1.88. The van der Waals surface area contributed by atoms with Crippen LogP contribution in [0.1, 0.15) is 12.0 Å². The molecule has 76 valence electrons. The van der Waals surface area contributed by atoms with E-state index >= 15 is 0 Å². The Balaban J connectivity index is 2.28. The Labute approximate surface area is 93.2 Å². The van der Waals surface area contributed by atoms with Crippen LogP contribution < -0.4 is 10.6 Å². The van der Waals surface area contributed by atoms with E-state index in [-0.39, 0.29) is 0 Å². The van der Waals surface area contributed by atoms with Crippen LogP contribution in [0.5, 0.6) is 0 Å². The van der Waals surface area contributed by atoms with Gasteiger partial charge in [0.15, 0.2) is 0 Å². The molecule has 0 bridgehead atoms. The molecule has 3 heteroatoms. The molecule has 0 spiro atoms. The van der Waals surface area contributed by atoms with Crippen molar-refractivity contribution in [2.45, 2.75) is 19.4 Å². The summed E-state index contributed by atoms with van der Waals surface area (Å²) in [6.07, 6.45) is 1.10. The molecule has 1 saturated heterocycles. The average molecular weight is 255 g/mol. The van der Waals surface area contributed by atoms with Gasteiger partial charge < -0.3 is 10.6 Å². The first-order valence-electron chi connectivity index (χ1n) is 4.94. The summed E-state index contributed by atoms with van der Waals surface area (Å²) in [7, 11) is 0. The largest absolute Gasteiger partial charge is 0.369 e. The topological polar surface area (TPSA) is 29.3 Å². The van der Waals surface area contributed by atoms with Gasteiger partial charge in [-0.15, -0.1) is 0 Å². The van der Waals surface area contributed by atoms with Crippen LogP contribution in [0.15, 0.2) is 22.7 Å². The quantitative estimate of drug-likeness (QED) is 0.834. The Morgan fingerprint density at radius 3 is 2.93 bits per heavy atom. The summed E-state index contributed by atoms with van der Waals surface area (Å²) < 4.78 is 1.20. The summed E-state index contributed by atoms with van der Waals surface area (Å²) in [6, 6.07) is 6.69. The van der Waals surface area contributed by atoms with Crippen molar-refractivity contribution in [3.63, 3.8) is 0 Å². The molecule has 14 heavy (non-hydrogen) atoms. The first-order valence-corrected chi connectivity index (χ1v) is 5.73. The molecule has 0 aromatic heterocycles. The van der Waals surface area contributed by atoms with Gasteiger partial charge in [-0.25, -0.2) is 0 Å². The number of nitrogens with zero attached hydrogens (tertiary/aromatic N) is 1. The van der Waals surface area contributed by atoms with Gasteiger partial charge >= 0.3 is 0 Å². The second kappa shape index (κ2) is 3.91. The summed E-state index contributed by atoms with van der Waals surface area (Å²) in [5.41, 5.74) is 8.45. The third-order valence-electron chi connectivity index (χ3n) is 2.74. The monoisotopic (exact) mass is 254 g/mol. The third kappa shape index (κ3) is 1.79. The Bertz CT molecular complexity index is 338. The molecule has 1 aliphatic heterocycles. The van der Waals surface area contributed by atoms with Crippen molar-refractivity contribution in [2.75, 3.05) is 18.0 Å². The Morgan fingerprint density at radius 2 is 2.29 bits per heavy atom. The van der Waals surface area contributed by atoms with Gasteiger partial charge in [0, 0.05) is 23.6 Å². The summed E-state index contributed by atoms with van der Waals surface area (Å²) in [5.74, 6) is 0. The van der Waals surface area contributed by atoms with Gasteiger partial charge in [0.2, 0.25) is 0 Å². The first kappa shape index (κ1) is 9.99. The molecule has 1 aliphatic rings. The molecule has 2 rings (SSSR count). The molecule has 2 N–H and O–H groups in total. The van der Waals surface area contributed by atoms with Gasteiger partial charge in [0.05, 0.1) is 5.69 Å². The highest BCUT2D eigenvalue weighted by molar-refractivity contribution is 9.10. The lowest BCUT2D eigenvalue weighted by Gasteiger charge is -2.20. The lowest BCUT2D eigenvalue weighted by molar-refractivity contribution is 0.752. The van der Waals surface area contributed by atoms with Crippen molar-refractivity contribution in [1.82, 2.24) is 0 Å². The molecule has 0 amide bonds. The van der Waals surface area contributed by atoms with Gasteiger partial charge in [-0.05, 0) is 40.9 Å². The van der Waals surface area contributed by atoms with Gasteiger partial charge in [-0.1, -0.05) is 12.1 Å². The summed E-state index contributed by atoms with van der Waals surface area (Å²) >= 11 is 3.63. The van der Waals surface area contributed by atoms with Crippen LogP contribution in [0.4, 0.5) is 5.69 Å². The van der Waals surface area contributed by atoms with Gasteiger partial charge in [0.1, 0.15) is 0 Å². The van der Waals surface area contributed by atoms with Crippen molar-refractivity contribution >= 4 is 21.6 Å². The molecular formula is C11H15BrN2. The van der Waals surface area contributed by atoms with E-state index in [1.165, 1.54) is 15.7 Å². The maximum atomic E-state index is 5.89. The van der Waals surface area contributed by atoms with Crippen molar-refractivity contribution < 1.29 is 0 Å². The van der Waals surface area contributed by atoms with E-state index in [0.717, 1.165) is 19.5 Å². The van der Waals surface area contributed by atoms with Crippen LogP contribution >= 0.6 is 15.9 Å². The fourth-order valence-corrected chi connectivity index (χ4v) is 2.40. The van der Waals surface area contributed by atoms with Gasteiger partial charge in [-0.3, -0.25) is 0 Å². The molecule has 1 atom stereocenters. The van der Waals surface area contributed by atoms with E-state index in [0.29, 0.717) is 6.04 Å². The van der Waals surface area contributed by atoms with Crippen LogP contribution in [0.3, 0.4) is 0 Å². The van der Waals surface area contributed by atoms with Crippen molar-refractivity contribution in [2.24, 2.45) is 5.73 Å². The number of anilines is 1. The van der Waals surface area contributed by atoms with Crippen molar-refractivity contribution in [3.05, 3.63) is 28.2 Å². The standard InChI is InChI=1S/C11H15BrN2/c1-8-3-2-4-10(11(8)12)14-6-5-9(13)7-14/h2-4,9H,5-7,13H2,1H3. The maximum absolute atomic E-state index is 5.89. The maximum Gasteiger partial charge on any atom is 0.0513 e. The minimum absolute atomic E-state index is 0.336. The Morgan fingerprint density at radius 1 is 1.50 bits per heavy atom. The van der Waals surface area contributed by atoms with Crippen molar-refractivity contribution in [3.8, 4) is 0 Å². The van der Waals surface area contributed by atoms with E-state index in [9.17, 15) is 0 Å². The summed E-state index contributed by atoms with van der Waals surface area (Å²) in [5, 5.41) is 0. The molecule has 1 unspecified atom stereocenters. The zero-order valence-corrected chi connectivity index (χ0v) is 9.92. The lowest BCUT2D eigenvalue weighted by Crippen LogP contribution is -2.26. The number of rotatable bonds is 1. The second-order valence-corrected chi connectivity index (χ2v) is 4.70. The van der Waals surface area contributed by atoms with Crippen molar-refractivity contribution in [1.29, 1.82) is 0 Å². The minimum Gasteiger partial charge on any atom is -0.369 e. The first-order chi connectivity index (χ1) is 6.68. The normalized spacial score (nSPS) is 21.6. The second-order valence-electron chi connectivity index (χ2n) is 3.90. The average Bonchev–Trinajstić information content (AvgIpc) is 2.57. The minimum atomic E-state index is 0.336. The molecule has 0 saturated carbocycles. The smallest absolute Gasteiger partial charge is 0.0513 e. The summed E-state index contributed by atoms with van der Waals surface area (Å²) in [6.45, 7) is 4.16. The molecule has 0 radical (unpaired) electrons. The van der Waals surface area contributed by atoms with E-state index in [4.69, 9.17) is 5.73 Å². The Hall–Kier alpha value is -0.540. The van der Waals surface area contributed by atoms with E-state index in [1.807, 2.05) is 0 Å². The zero-order valence-electron chi connectivity index (χ0n) is 8.33. The SMILES string of the molecule is Cc1cccc(N2CCC(N)C2)c1Br. The molecule has 1 aromatic carbocycles. The number of benzene rings is 1. The zero-order chi connectivity index (χ0) is 10.1. The highest BCUT2D eigenvalue weighted by Crippen LogP contribution is 2.31. The third-order valence-corrected chi connectivity index (χ3v) is 3.77. The predicted molar refractivity (Wildman–Crippen MR) is 63.7 cm³/mol. The number of hydrogen-bond acceptors (Lipinski definition) is 2. The number of nitrogens with two attached hydrogens (primary N) is 1. The van der Waals surface area contributed by atoms with Crippen LogP contribution in [-0.4, -0.2) is 19.1 Å². The Kier molecular flexibility index (Phi) is 2.79.